The Morgan fingerprint density at radius 3 is 2.47 bits per heavy atom. The third-order valence-electron chi connectivity index (χ3n) is 3.97. The zero-order chi connectivity index (χ0) is 14.6. The Bertz CT molecular complexity index is 344. The molecule has 0 spiro atoms. The van der Waals surface area contributed by atoms with Crippen LogP contribution in [0, 0.1) is 11.3 Å². The molecule has 5 nitrogen and oxygen atoms in total. The van der Waals surface area contributed by atoms with Crippen LogP contribution >= 0.6 is 0 Å². The van der Waals surface area contributed by atoms with Crippen LogP contribution in [0.15, 0.2) is 0 Å². The van der Waals surface area contributed by atoms with Crippen LogP contribution < -0.4 is 5.32 Å². The van der Waals surface area contributed by atoms with Gasteiger partial charge in [-0.15, -0.1) is 0 Å². The first-order chi connectivity index (χ1) is 8.76. The number of carboxylic acids is 1. The Morgan fingerprint density at radius 1 is 1.37 bits per heavy atom. The summed E-state index contributed by atoms with van der Waals surface area (Å²) in [6, 6.07) is -0.256. The van der Waals surface area contributed by atoms with Crippen molar-refractivity contribution in [3.05, 3.63) is 0 Å². The van der Waals surface area contributed by atoms with Crippen LogP contribution in [0.1, 0.15) is 40.5 Å². The maximum absolute atomic E-state index is 12.0. The minimum Gasteiger partial charge on any atom is -0.481 e. The van der Waals surface area contributed by atoms with E-state index in [0.717, 1.165) is 6.42 Å². The van der Waals surface area contributed by atoms with Crippen molar-refractivity contribution in [1.29, 1.82) is 0 Å². The minimum absolute atomic E-state index is 0.00436. The van der Waals surface area contributed by atoms with Gasteiger partial charge in [0, 0.05) is 19.6 Å². The van der Waals surface area contributed by atoms with Crippen molar-refractivity contribution in [3.8, 4) is 0 Å². The molecule has 0 saturated carbocycles. The molecule has 1 aliphatic rings. The number of likely N-dealkylation sites (tertiary alicyclic amines) is 1. The highest BCUT2D eigenvalue weighted by Gasteiger charge is 2.42. The van der Waals surface area contributed by atoms with E-state index in [-0.39, 0.29) is 11.9 Å². The average molecular weight is 270 g/mol. The molecule has 2 unspecified atom stereocenters. The van der Waals surface area contributed by atoms with E-state index in [1.165, 1.54) is 0 Å². The second kappa shape index (κ2) is 6.37. The summed E-state index contributed by atoms with van der Waals surface area (Å²) in [6.07, 6.45) is 1.57. The lowest BCUT2D eigenvalue weighted by Gasteiger charge is -2.25. The fraction of sp³-hybridized carbons (Fsp3) is 0.857. The molecule has 0 radical (unpaired) electrons. The number of hydrogen-bond acceptors (Lipinski definition) is 3. The number of nitrogens with zero attached hydrogens (tertiary/aromatic N) is 1. The second-order valence-electron chi connectivity index (χ2n) is 6.24. The quantitative estimate of drug-likeness (QED) is 0.764. The van der Waals surface area contributed by atoms with E-state index in [0.29, 0.717) is 32.0 Å². The fourth-order valence-electron chi connectivity index (χ4n) is 2.30. The summed E-state index contributed by atoms with van der Waals surface area (Å²) in [5.41, 5.74) is -0.716. The van der Waals surface area contributed by atoms with Crippen LogP contribution in [0.3, 0.4) is 0 Å². The van der Waals surface area contributed by atoms with Gasteiger partial charge in [-0.1, -0.05) is 13.8 Å². The first-order valence-electron chi connectivity index (χ1n) is 7.01. The van der Waals surface area contributed by atoms with Crippen LogP contribution in [0.4, 0.5) is 0 Å². The number of carbonyl (C=O) groups excluding carboxylic acids is 1. The van der Waals surface area contributed by atoms with E-state index in [4.69, 9.17) is 0 Å². The topological polar surface area (TPSA) is 69.6 Å². The molecule has 0 aromatic carbocycles. The van der Waals surface area contributed by atoms with Crippen LogP contribution in [0.25, 0.3) is 0 Å². The molecule has 1 heterocycles. The molecule has 19 heavy (non-hydrogen) atoms. The summed E-state index contributed by atoms with van der Waals surface area (Å²) in [5, 5.41) is 12.1. The van der Waals surface area contributed by atoms with E-state index < -0.39 is 11.4 Å². The van der Waals surface area contributed by atoms with Crippen LogP contribution in [-0.2, 0) is 9.59 Å². The number of nitrogens with one attached hydrogen (secondary N) is 1. The van der Waals surface area contributed by atoms with E-state index in [9.17, 15) is 14.7 Å². The van der Waals surface area contributed by atoms with E-state index in [1.54, 1.807) is 6.92 Å². The summed E-state index contributed by atoms with van der Waals surface area (Å²) in [6.45, 7) is 9.63. The number of aliphatic carboxylic acids is 1. The number of carbonyl (C=O) groups is 2. The van der Waals surface area contributed by atoms with Gasteiger partial charge in [-0.3, -0.25) is 14.5 Å². The first-order valence-corrected chi connectivity index (χ1v) is 7.01. The molecule has 1 fully saturated rings. The van der Waals surface area contributed by atoms with Crippen molar-refractivity contribution in [3.63, 3.8) is 0 Å². The lowest BCUT2D eigenvalue weighted by molar-refractivity contribution is -0.147. The molecule has 0 aliphatic carbocycles. The number of carboxylic acid groups (broad SMARTS) is 1. The third kappa shape index (κ3) is 4.20. The Balaban J connectivity index is 2.44. The monoisotopic (exact) mass is 270 g/mol. The Morgan fingerprint density at radius 2 is 2.00 bits per heavy atom. The van der Waals surface area contributed by atoms with Gasteiger partial charge in [0.15, 0.2) is 0 Å². The van der Waals surface area contributed by atoms with E-state index in [2.05, 4.69) is 19.2 Å². The van der Waals surface area contributed by atoms with Crippen molar-refractivity contribution < 1.29 is 14.7 Å². The standard InChI is InChI=1S/C14H26N2O3/c1-10(2)5-7-15-12(17)11(3)16-8-6-14(4,9-16)13(18)19/h10-11H,5-9H2,1-4H3,(H,15,17)(H,18,19). The van der Waals surface area contributed by atoms with Crippen LogP contribution in [-0.4, -0.2) is 47.6 Å². The lowest BCUT2D eigenvalue weighted by Crippen LogP contribution is -2.45. The molecule has 1 rings (SSSR count). The largest absolute Gasteiger partial charge is 0.481 e. The first kappa shape index (κ1) is 16.0. The van der Waals surface area contributed by atoms with Gasteiger partial charge in [0.1, 0.15) is 0 Å². The van der Waals surface area contributed by atoms with Gasteiger partial charge in [-0.05, 0) is 32.6 Å². The van der Waals surface area contributed by atoms with Crippen molar-refractivity contribution in [1.82, 2.24) is 10.2 Å². The molecule has 0 aromatic heterocycles. The van der Waals surface area contributed by atoms with Crippen LogP contribution in [0.2, 0.25) is 0 Å². The molecule has 0 bridgehead atoms. The minimum atomic E-state index is -0.776. The summed E-state index contributed by atoms with van der Waals surface area (Å²) in [4.78, 5) is 25.1. The molecule has 5 heteroatoms. The maximum atomic E-state index is 12.0. The highest BCUT2D eigenvalue weighted by atomic mass is 16.4. The zero-order valence-corrected chi connectivity index (χ0v) is 12.4. The predicted octanol–water partition coefficient (Wildman–Crippen LogP) is 1.33. The Hall–Kier alpha value is -1.10. The van der Waals surface area contributed by atoms with Crippen molar-refractivity contribution in [2.24, 2.45) is 11.3 Å². The van der Waals surface area contributed by atoms with Gasteiger partial charge in [0.25, 0.3) is 0 Å². The highest BCUT2D eigenvalue weighted by Crippen LogP contribution is 2.31. The average Bonchev–Trinajstić information content (AvgIpc) is 2.71. The number of amides is 1. The summed E-state index contributed by atoms with van der Waals surface area (Å²) in [5.74, 6) is -0.213. The van der Waals surface area contributed by atoms with Gasteiger partial charge >= 0.3 is 5.97 Å². The molecule has 2 atom stereocenters. The molecule has 2 N–H and O–H groups in total. The molecule has 0 aromatic rings. The fourth-order valence-corrected chi connectivity index (χ4v) is 2.30. The zero-order valence-electron chi connectivity index (χ0n) is 12.4. The summed E-state index contributed by atoms with van der Waals surface area (Å²) in [7, 11) is 0. The van der Waals surface area contributed by atoms with E-state index in [1.807, 2.05) is 11.8 Å². The maximum Gasteiger partial charge on any atom is 0.310 e. The lowest BCUT2D eigenvalue weighted by atomic mass is 9.90. The number of rotatable bonds is 6. The second-order valence-corrected chi connectivity index (χ2v) is 6.24. The Labute approximate surface area is 115 Å². The SMILES string of the molecule is CC(C)CCNC(=O)C(C)N1CCC(C)(C(=O)O)C1. The summed E-state index contributed by atoms with van der Waals surface area (Å²) < 4.78 is 0. The van der Waals surface area contributed by atoms with Gasteiger partial charge in [-0.25, -0.2) is 0 Å². The molecule has 1 saturated heterocycles. The van der Waals surface area contributed by atoms with Crippen molar-refractivity contribution in [2.75, 3.05) is 19.6 Å². The van der Waals surface area contributed by atoms with Gasteiger partial charge in [0.2, 0.25) is 5.91 Å². The van der Waals surface area contributed by atoms with Gasteiger partial charge < -0.3 is 10.4 Å². The summed E-state index contributed by atoms with van der Waals surface area (Å²) >= 11 is 0. The molecular formula is C14H26N2O3. The van der Waals surface area contributed by atoms with Crippen LogP contribution in [0.5, 0.6) is 0 Å². The molecule has 1 aliphatic heterocycles. The molecule has 1 amide bonds. The molecular weight excluding hydrogens is 244 g/mol. The highest BCUT2D eigenvalue weighted by molar-refractivity contribution is 5.81. The normalized spacial score (nSPS) is 25.5. The van der Waals surface area contributed by atoms with Crippen molar-refractivity contribution >= 4 is 11.9 Å². The number of hydrogen-bond donors (Lipinski definition) is 2. The van der Waals surface area contributed by atoms with Gasteiger partial charge in [0.05, 0.1) is 11.5 Å². The smallest absolute Gasteiger partial charge is 0.310 e. The third-order valence-corrected chi connectivity index (χ3v) is 3.97. The Kier molecular flexibility index (Phi) is 5.35. The molecule has 110 valence electrons. The predicted molar refractivity (Wildman–Crippen MR) is 73.9 cm³/mol. The van der Waals surface area contributed by atoms with E-state index >= 15 is 0 Å². The van der Waals surface area contributed by atoms with Crippen molar-refractivity contribution in [2.45, 2.75) is 46.6 Å². The van der Waals surface area contributed by atoms with Gasteiger partial charge in [-0.2, -0.15) is 0 Å².